The molecule has 2 aromatic rings. The first kappa shape index (κ1) is 22.7. The number of allylic oxidation sites excluding steroid dienone is 1. The number of aliphatic imine (C=N–C) groups is 1. The van der Waals surface area contributed by atoms with Gasteiger partial charge < -0.3 is 10.4 Å². The molecule has 6 nitrogen and oxygen atoms in total. The lowest BCUT2D eigenvalue weighted by Gasteiger charge is -2.21. The smallest absolute Gasteiger partial charge is 0.235 e. The van der Waals surface area contributed by atoms with Crippen molar-refractivity contribution in [3.05, 3.63) is 77.9 Å². The number of aromatic hydroxyl groups is 1. The Balaban J connectivity index is 1.40. The normalized spacial score (nSPS) is 15.6. The Morgan fingerprint density at radius 1 is 1.06 bits per heavy atom. The number of hydrogen-bond donors (Lipinski definition) is 2. The molecule has 1 amide bonds. The van der Waals surface area contributed by atoms with Crippen LogP contribution in [0.2, 0.25) is 0 Å². The van der Waals surface area contributed by atoms with Crippen LogP contribution in [-0.4, -0.2) is 66.4 Å². The van der Waals surface area contributed by atoms with Crippen molar-refractivity contribution in [2.45, 2.75) is 19.4 Å². The third-order valence-corrected chi connectivity index (χ3v) is 5.41. The maximum absolute atomic E-state index is 12.3. The van der Waals surface area contributed by atoms with Crippen molar-refractivity contribution in [2.75, 3.05) is 39.4 Å². The fraction of sp³-hybridized carbons (Fsp3) is 0.360. The summed E-state index contributed by atoms with van der Waals surface area (Å²) in [5, 5.41) is 13.1. The molecule has 1 aliphatic rings. The molecule has 0 atom stereocenters. The van der Waals surface area contributed by atoms with E-state index in [1.165, 1.54) is 5.56 Å². The Morgan fingerprint density at radius 3 is 2.65 bits per heavy atom. The molecule has 0 saturated carbocycles. The van der Waals surface area contributed by atoms with Gasteiger partial charge in [0.2, 0.25) is 5.91 Å². The topological polar surface area (TPSA) is 68.2 Å². The highest BCUT2D eigenvalue weighted by Crippen LogP contribution is 2.21. The van der Waals surface area contributed by atoms with Crippen LogP contribution in [0.15, 0.2) is 66.2 Å². The van der Waals surface area contributed by atoms with Crippen molar-refractivity contribution in [1.29, 1.82) is 0 Å². The van der Waals surface area contributed by atoms with Gasteiger partial charge in [-0.15, -0.1) is 6.58 Å². The van der Waals surface area contributed by atoms with Gasteiger partial charge in [0.1, 0.15) is 12.4 Å². The molecule has 1 saturated heterocycles. The van der Waals surface area contributed by atoms with Crippen LogP contribution in [0.25, 0.3) is 0 Å². The molecule has 0 aliphatic carbocycles. The van der Waals surface area contributed by atoms with Crippen LogP contribution >= 0.6 is 0 Å². The molecule has 0 unspecified atom stereocenters. The zero-order valence-electron chi connectivity index (χ0n) is 18.0. The molecule has 31 heavy (non-hydrogen) atoms. The second kappa shape index (κ2) is 12.0. The van der Waals surface area contributed by atoms with Crippen molar-refractivity contribution < 1.29 is 9.90 Å². The second-order valence-electron chi connectivity index (χ2n) is 7.81. The summed E-state index contributed by atoms with van der Waals surface area (Å²) in [6, 6.07) is 16.0. The number of hydrogen-bond acceptors (Lipinski definition) is 5. The number of benzene rings is 2. The first-order valence-corrected chi connectivity index (χ1v) is 10.8. The van der Waals surface area contributed by atoms with E-state index in [1.807, 2.05) is 18.2 Å². The van der Waals surface area contributed by atoms with Crippen LogP contribution in [0, 0.1) is 0 Å². The molecule has 0 radical (unpaired) electrons. The average Bonchev–Trinajstić information content (AvgIpc) is 2.99. The Morgan fingerprint density at radius 2 is 1.84 bits per heavy atom. The molecule has 1 aliphatic heterocycles. The molecule has 6 heteroatoms. The molecular formula is C25H32N4O2. The van der Waals surface area contributed by atoms with E-state index in [-0.39, 0.29) is 18.3 Å². The fourth-order valence-electron chi connectivity index (χ4n) is 3.75. The van der Waals surface area contributed by atoms with Gasteiger partial charge in [0.05, 0.1) is 6.54 Å². The monoisotopic (exact) mass is 420 g/mol. The van der Waals surface area contributed by atoms with Gasteiger partial charge in [0, 0.05) is 31.4 Å². The molecule has 2 N–H and O–H groups in total. The molecule has 1 heterocycles. The van der Waals surface area contributed by atoms with Gasteiger partial charge in [-0.3, -0.25) is 19.6 Å². The minimum Gasteiger partial charge on any atom is -0.507 e. The number of nitrogens with one attached hydrogen (secondary N) is 1. The van der Waals surface area contributed by atoms with Crippen LogP contribution in [0.4, 0.5) is 0 Å². The van der Waals surface area contributed by atoms with Gasteiger partial charge >= 0.3 is 0 Å². The molecule has 3 rings (SSSR count). The Labute approximate surface area is 184 Å². The standard InChI is InChI=1S/C25H32N4O2/c1-2-8-22-11-6-12-23(25(22)31)17-26-20-27-24(30)19-29-14-7-13-28(15-16-29)18-21-9-4-3-5-10-21/h2-6,9-12,17,31H,1,7-8,13-16,18-20H2,(H,27,30). The third kappa shape index (κ3) is 7.35. The number of carbonyl (C=O) groups is 1. The van der Waals surface area contributed by atoms with E-state index in [4.69, 9.17) is 0 Å². The number of carbonyl (C=O) groups excluding carboxylic acids is 1. The molecule has 0 bridgehead atoms. The highest BCUT2D eigenvalue weighted by atomic mass is 16.3. The summed E-state index contributed by atoms with van der Waals surface area (Å²) in [4.78, 5) is 21.2. The average molecular weight is 421 g/mol. The number of para-hydroxylation sites is 1. The van der Waals surface area contributed by atoms with Crippen molar-refractivity contribution in [3.8, 4) is 5.75 Å². The van der Waals surface area contributed by atoms with Crippen LogP contribution in [0.3, 0.4) is 0 Å². The number of phenolic OH excluding ortho intramolecular Hbond substituents is 1. The van der Waals surface area contributed by atoms with Crippen LogP contribution in [0.1, 0.15) is 23.1 Å². The van der Waals surface area contributed by atoms with Crippen molar-refractivity contribution >= 4 is 12.1 Å². The van der Waals surface area contributed by atoms with Crippen molar-refractivity contribution in [1.82, 2.24) is 15.1 Å². The zero-order chi connectivity index (χ0) is 21.9. The largest absolute Gasteiger partial charge is 0.507 e. The SMILES string of the molecule is C=CCc1cccc(C=NCNC(=O)CN2CCCN(Cc3ccccc3)CC2)c1O. The van der Waals surface area contributed by atoms with Gasteiger partial charge in [0.25, 0.3) is 0 Å². The molecular weight excluding hydrogens is 388 g/mol. The number of phenols is 1. The van der Waals surface area contributed by atoms with E-state index in [2.05, 4.69) is 51.0 Å². The van der Waals surface area contributed by atoms with Gasteiger partial charge in [-0.05, 0) is 43.1 Å². The minimum absolute atomic E-state index is 0.0294. The van der Waals surface area contributed by atoms with Gasteiger partial charge in [-0.2, -0.15) is 0 Å². The summed E-state index contributed by atoms with van der Waals surface area (Å²) >= 11 is 0. The van der Waals surface area contributed by atoms with Gasteiger partial charge in [0.15, 0.2) is 0 Å². The number of rotatable bonds is 9. The van der Waals surface area contributed by atoms with Crippen LogP contribution < -0.4 is 5.32 Å². The van der Waals surface area contributed by atoms with Gasteiger partial charge in [-0.1, -0.05) is 48.5 Å². The molecule has 164 valence electrons. The molecule has 0 aromatic heterocycles. The summed E-state index contributed by atoms with van der Waals surface area (Å²) < 4.78 is 0. The van der Waals surface area contributed by atoms with Gasteiger partial charge in [-0.25, -0.2) is 0 Å². The third-order valence-electron chi connectivity index (χ3n) is 5.41. The van der Waals surface area contributed by atoms with Crippen molar-refractivity contribution in [2.24, 2.45) is 4.99 Å². The lowest BCUT2D eigenvalue weighted by Crippen LogP contribution is -2.39. The van der Waals surface area contributed by atoms with E-state index in [0.29, 0.717) is 18.5 Å². The van der Waals surface area contributed by atoms with E-state index in [0.717, 1.165) is 44.7 Å². The lowest BCUT2D eigenvalue weighted by atomic mass is 10.1. The summed E-state index contributed by atoms with van der Waals surface area (Å²) in [7, 11) is 0. The highest BCUT2D eigenvalue weighted by Gasteiger charge is 2.17. The predicted octanol–water partition coefficient (Wildman–Crippen LogP) is 2.82. The first-order chi connectivity index (χ1) is 15.2. The highest BCUT2D eigenvalue weighted by molar-refractivity contribution is 5.84. The summed E-state index contributed by atoms with van der Waals surface area (Å²) in [5.41, 5.74) is 2.78. The molecule has 1 fully saturated rings. The van der Waals surface area contributed by atoms with E-state index in [9.17, 15) is 9.90 Å². The lowest BCUT2D eigenvalue weighted by molar-refractivity contribution is -0.122. The Kier molecular flexibility index (Phi) is 8.82. The predicted molar refractivity (Wildman–Crippen MR) is 125 cm³/mol. The number of amides is 1. The summed E-state index contributed by atoms with van der Waals surface area (Å²) in [6.45, 7) is 9.04. The summed E-state index contributed by atoms with van der Waals surface area (Å²) in [5.74, 6) is 0.181. The Bertz CT molecular complexity index is 882. The molecule has 2 aromatic carbocycles. The van der Waals surface area contributed by atoms with E-state index < -0.39 is 0 Å². The maximum Gasteiger partial charge on any atom is 0.235 e. The summed E-state index contributed by atoms with van der Waals surface area (Å²) in [6.07, 6.45) is 5.00. The van der Waals surface area contributed by atoms with Crippen molar-refractivity contribution in [3.63, 3.8) is 0 Å². The fourth-order valence-corrected chi connectivity index (χ4v) is 3.75. The Hall–Kier alpha value is -2.96. The number of nitrogens with zero attached hydrogens (tertiary/aromatic N) is 3. The van der Waals surface area contributed by atoms with E-state index in [1.54, 1.807) is 18.4 Å². The minimum atomic E-state index is -0.0294. The second-order valence-corrected chi connectivity index (χ2v) is 7.81. The first-order valence-electron chi connectivity index (χ1n) is 10.8. The quantitative estimate of drug-likeness (QED) is 0.484. The van der Waals surface area contributed by atoms with E-state index >= 15 is 0 Å². The maximum atomic E-state index is 12.3. The molecule has 0 spiro atoms. The van der Waals surface area contributed by atoms with Crippen LogP contribution in [-0.2, 0) is 17.8 Å². The van der Waals surface area contributed by atoms with Crippen LogP contribution in [0.5, 0.6) is 5.75 Å². The zero-order valence-corrected chi connectivity index (χ0v) is 18.0.